The molecule has 1 aromatic carbocycles. The second-order valence-electron chi connectivity index (χ2n) is 12.6. The Morgan fingerprint density at radius 2 is 1.68 bits per heavy atom. The predicted molar refractivity (Wildman–Crippen MR) is 145 cm³/mol. The zero-order valence-electron chi connectivity index (χ0n) is 23.6. The number of amides is 4. The first kappa shape index (κ1) is 29.5. The van der Waals surface area contributed by atoms with Gasteiger partial charge in [0, 0.05) is 12.1 Å². The number of hydrogen-bond donors (Lipinski definition) is 4. The van der Waals surface area contributed by atoms with Crippen LogP contribution in [0.25, 0.3) is 0 Å². The van der Waals surface area contributed by atoms with Crippen molar-refractivity contribution < 1.29 is 24.3 Å². The number of carbonyl (C=O) groups is 4. The maximum atomic E-state index is 13.8. The van der Waals surface area contributed by atoms with Crippen molar-refractivity contribution in [2.45, 2.75) is 104 Å². The molecule has 3 atom stereocenters. The molecule has 1 saturated carbocycles. The molecule has 0 spiro atoms. The molecule has 2 fully saturated rings. The highest BCUT2D eigenvalue weighted by Gasteiger charge is 2.43. The molecule has 3 unspecified atom stereocenters. The summed E-state index contributed by atoms with van der Waals surface area (Å²) < 4.78 is 0. The highest BCUT2D eigenvalue weighted by molar-refractivity contribution is 5.94. The van der Waals surface area contributed by atoms with Gasteiger partial charge in [-0.25, -0.2) is 4.79 Å². The third kappa shape index (κ3) is 7.95. The Morgan fingerprint density at radius 1 is 1.03 bits per heavy atom. The summed E-state index contributed by atoms with van der Waals surface area (Å²) in [5.74, 6) is -0.0527. The van der Waals surface area contributed by atoms with E-state index in [-0.39, 0.29) is 23.3 Å². The molecule has 2 aliphatic rings. The Morgan fingerprint density at radius 3 is 2.26 bits per heavy atom. The third-order valence-electron chi connectivity index (χ3n) is 7.38. The van der Waals surface area contributed by atoms with Crippen LogP contribution in [0.3, 0.4) is 0 Å². The standard InChI is InChI=1S/C29H44N4O5/c1-18(34)21(16-19-13-14-19)30-25(36)22-11-9-15-33(22)26(37)24(28(2,3)4)31-27(38)32-29(5,6)17-20-10-7-8-12-23(20)35/h7-8,10,12,19,21-22,24,35H,9,11,13-17H2,1-6H3,(H,30,36)(H2,31,32,38). The Hall–Kier alpha value is -3.10. The van der Waals surface area contributed by atoms with E-state index in [1.807, 2.05) is 40.7 Å². The van der Waals surface area contributed by atoms with Crippen LogP contribution < -0.4 is 16.0 Å². The zero-order chi connectivity index (χ0) is 28.3. The summed E-state index contributed by atoms with van der Waals surface area (Å²) in [5, 5.41) is 18.8. The average Bonchev–Trinajstić information content (AvgIpc) is 3.48. The number of rotatable bonds is 10. The van der Waals surface area contributed by atoms with Gasteiger partial charge in [0.1, 0.15) is 17.8 Å². The van der Waals surface area contributed by atoms with E-state index < -0.39 is 35.1 Å². The van der Waals surface area contributed by atoms with Crippen LogP contribution in [-0.2, 0) is 20.8 Å². The number of ketones is 1. The maximum Gasteiger partial charge on any atom is 0.315 e. The lowest BCUT2D eigenvalue weighted by molar-refractivity contribution is -0.142. The number of phenols is 1. The molecule has 4 amide bonds. The van der Waals surface area contributed by atoms with Crippen LogP contribution in [0.1, 0.15) is 79.2 Å². The summed E-state index contributed by atoms with van der Waals surface area (Å²) in [6.45, 7) is 11.2. The zero-order valence-corrected chi connectivity index (χ0v) is 23.6. The van der Waals surface area contributed by atoms with Gasteiger partial charge in [-0.3, -0.25) is 14.4 Å². The minimum Gasteiger partial charge on any atom is -0.508 e. The smallest absolute Gasteiger partial charge is 0.315 e. The van der Waals surface area contributed by atoms with E-state index in [0.717, 1.165) is 12.8 Å². The van der Waals surface area contributed by atoms with E-state index in [1.54, 1.807) is 23.1 Å². The number of para-hydroxylation sites is 1. The molecule has 0 radical (unpaired) electrons. The van der Waals surface area contributed by atoms with Crippen molar-refractivity contribution >= 4 is 23.6 Å². The largest absolute Gasteiger partial charge is 0.508 e. The maximum absolute atomic E-state index is 13.8. The average molecular weight is 529 g/mol. The molecule has 1 aromatic rings. The highest BCUT2D eigenvalue weighted by Crippen LogP contribution is 2.34. The van der Waals surface area contributed by atoms with E-state index in [0.29, 0.717) is 43.7 Å². The van der Waals surface area contributed by atoms with Crippen molar-refractivity contribution in [3.63, 3.8) is 0 Å². The lowest BCUT2D eigenvalue weighted by Crippen LogP contribution is -2.61. The van der Waals surface area contributed by atoms with Gasteiger partial charge < -0.3 is 26.0 Å². The lowest BCUT2D eigenvalue weighted by Gasteiger charge is -2.36. The topological polar surface area (TPSA) is 128 Å². The van der Waals surface area contributed by atoms with Gasteiger partial charge in [0.05, 0.1) is 6.04 Å². The van der Waals surface area contributed by atoms with Gasteiger partial charge in [0.15, 0.2) is 5.78 Å². The number of carbonyl (C=O) groups excluding carboxylic acids is 4. The quantitative estimate of drug-likeness (QED) is 0.371. The second-order valence-corrected chi connectivity index (χ2v) is 12.6. The summed E-state index contributed by atoms with van der Waals surface area (Å²) in [6.07, 6.45) is 4.39. The monoisotopic (exact) mass is 528 g/mol. The lowest BCUT2D eigenvalue weighted by atomic mass is 9.85. The molecule has 1 aliphatic carbocycles. The number of hydrogen-bond acceptors (Lipinski definition) is 5. The molecule has 9 nitrogen and oxygen atoms in total. The number of benzene rings is 1. The van der Waals surface area contributed by atoms with Crippen molar-refractivity contribution in [2.24, 2.45) is 11.3 Å². The van der Waals surface area contributed by atoms with Gasteiger partial charge in [0.25, 0.3) is 0 Å². The van der Waals surface area contributed by atoms with Crippen LogP contribution in [-0.4, -0.2) is 63.8 Å². The molecular formula is C29H44N4O5. The second kappa shape index (κ2) is 11.7. The minimum absolute atomic E-state index is 0.0709. The summed E-state index contributed by atoms with van der Waals surface area (Å²) in [4.78, 5) is 53.7. The molecular weight excluding hydrogens is 484 g/mol. The normalized spacial score (nSPS) is 19.4. The Labute approximate surface area is 226 Å². The first-order valence-electron chi connectivity index (χ1n) is 13.6. The van der Waals surface area contributed by atoms with Gasteiger partial charge in [-0.15, -0.1) is 0 Å². The van der Waals surface area contributed by atoms with Gasteiger partial charge in [-0.1, -0.05) is 51.8 Å². The van der Waals surface area contributed by atoms with Crippen molar-refractivity contribution in [1.82, 2.24) is 20.9 Å². The molecule has 3 rings (SSSR count). The first-order valence-corrected chi connectivity index (χ1v) is 13.6. The van der Waals surface area contributed by atoms with Gasteiger partial charge in [-0.05, 0) is 69.4 Å². The summed E-state index contributed by atoms with van der Waals surface area (Å²) in [6, 6.07) is 4.41. The number of urea groups is 1. The summed E-state index contributed by atoms with van der Waals surface area (Å²) >= 11 is 0. The molecule has 4 N–H and O–H groups in total. The third-order valence-corrected chi connectivity index (χ3v) is 7.38. The van der Waals surface area contributed by atoms with Crippen LogP contribution in [0.5, 0.6) is 5.75 Å². The van der Waals surface area contributed by atoms with Crippen LogP contribution >= 0.6 is 0 Å². The van der Waals surface area contributed by atoms with Crippen molar-refractivity contribution in [1.29, 1.82) is 0 Å². The Bertz CT molecular complexity index is 1040. The summed E-state index contributed by atoms with van der Waals surface area (Å²) in [7, 11) is 0. The molecule has 1 aliphatic heterocycles. The fraction of sp³-hybridized carbons (Fsp3) is 0.655. The number of phenolic OH excluding ortho intramolecular Hbond substituents is 1. The van der Waals surface area contributed by atoms with Gasteiger partial charge in [-0.2, -0.15) is 0 Å². The SMILES string of the molecule is CC(=O)C(CC1CC1)NC(=O)C1CCCN1C(=O)C(NC(=O)NC(C)(C)Cc1ccccc1O)C(C)(C)C. The van der Waals surface area contributed by atoms with E-state index in [2.05, 4.69) is 16.0 Å². The number of likely N-dealkylation sites (tertiary alicyclic amines) is 1. The van der Waals surface area contributed by atoms with Crippen LogP contribution in [0, 0.1) is 11.3 Å². The Balaban J connectivity index is 1.67. The van der Waals surface area contributed by atoms with Gasteiger partial charge in [0.2, 0.25) is 11.8 Å². The van der Waals surface area contributed by atoms with Gasteiger partial charge >= 0.3 is 6.03 Å². The molecule has 38 heavy (non-hydrogen) atoms. The molecule has 210 valence electrons. The number of nitrogens with one attached hydrogen (secondary N) is 3. The van der Waals surface area contributed by atoms with Crippen LogP contribution in [0.2, 0.25) is 0 Å². The molecule has 1 saturated heterocycles. The highest BCUT2D eigenvalue weighted by atomic mass is 16.3. The van der Waals surface area contributed by atoms with E-state index in [4.69, 9.17) is 0 Å². The molecule has 1 heterocycles. The number of Topliss-reactive ketones (excluding diaryl/α,β-unsaturated/α-hetero) is 1. The van der Waals surface area contributed by atoms with Crippen LogP contribution in [0.15, 0.2) is 24.3 Å². The van der Waals surface area contributed by atoms with E-state index >= 15 is 0 Å². The predicted octanol–water partition coefficient (Wildman–Crippen LogP) is 3.29. The molecule has 0 bridgehead atoms. The Kier molecular flexibility index (Phi) is 9.10. The van der Waals surface area contributed by atoms with E-state index in [9.17, 15) is 24.3 Å². The number of aromatic hydroxyl groups is 1. The molecule has 0 aromatic heterocycles. The minimum atomic E-state index is -0.869. The van der Waals surface area contributed by atoms with Crippen LogP contribution in [0.4, 0.5) is 4.79 Å². The summed E-state index contributed by atoms with van der Waals surface area (Å²) in [5.41, 5.74) is -0.612. The first-order chi connectivity index (χ1) is 17.7. The fourth-order valence-corrected chi connectivity index (χ4v) is 5.05. The van der Waals surface area contributed by atoms with Crippen molar-refractivity contribution in [3.05, 3.63) is 29.8 Å². The fourth-order valence-electron chi connectivity index (χ4n) is 5.05. The molecule has 9 heteroatoms. The van der Waals surface area contributed by atoms with Crippen molar-refractivity contribution in [3.8, 4) is 5.75 Å². The van der Waals surface area contributed by atoms with E-state index in [1.165, 1.54) is 6.92 Å². The number of nitrogens with zero attached hydrogens (tertiary/aromatic N) is 1. The van der Waals surface area contributed by atoms with Crippen molar-refractivity contribution in [2.75, 3.05) is 6.54 Å².